The lowest BCUT2D eigenvalue weighted by atomic mass is 9.93. The van der Waals surface area contributed by atoms with Crippen LogP contribution in [0.15, 0.2) is 18.2 Å². The maximum atomic E-state index is 12.7. The van der Waals surface area contributed by atoms with Crippen molar-refractivity contribution in [2.75, 3.05) is 18.5 Å². The predicted molar refractivity (Wildman–Crippen MR) is 87.6 cm³/mol. The summed E-state index contributed by atoms with van der Waals surface area (Å²) >= 11 is 0. The molecule has 2 heterocycles. The first-order valence-corrected chi connectivity index (χ1v) is 8.19. The number of nitrogens with one attached hydrogen (secondary N) is 2. The quantitative estimate of drug-likeness (QED) is 0.748. The largest absolute Gasteiger partial charge is 0.480 e. The first kappa shape index (κ1) is 17.2. The average Bonchev–Trinajstić information content (AvgIpc) is 2.60. The van der Waals surface area contributed by atoms with Gasteiger partial charge in [-0.15, -0.1) is 0 Å². The zero-order chi connectivity index (χ0) is 18.0. The van der Waals surface area contributed by atoms with E-state index >= 15 is 0 Å². The second-order valence-electron chi connectivity index (χ2n) is 6.20. The molecule has 2 aliphatic heterocycles. The third-order valence-electron chi connectivity index (χ3n) is 4.40. The van der Waals surface area contributed by atoms with Gasteiger partial charge >= 0.3 is 5.97 Å². The lowest BCUT2D eigenvalue weighted by molar-refractivity contribution is -0.142. The van der Waals surface area contributed by atoms with E-state index in [9.17, 15) is 19.5 Å². The van der Waals surface area contributed by atoms with Crippen LogP contribution in [0.4, 0.5) is 5.69 Å². The summed E-state index contributed by atoms with van der Waals surface area (Å²) in [5.41, 5.74) is 0.580. The van der Waals surface area contributed by atoms with Gasteiger partial charge in [0.2, 0.25) is 0 Å². The van der Waals surface area contributed by atoms with E-state index < -0.39 is 24.0 Å². The molecule has 1 fully saturated rings. The Morgan fingerprint density at radius 1 is 1.40 bits per heavy atom. The molecule has 1 saturated heterocycles. The van der Waals surface area contributed by atoms with E-state index in [4.69, 9.17) is 9.47 Å². The number of carbonyl (C=O) groups excluding carboxylic acids is 2. The van der Waals surface area contributed by atoms with Crippen LogP contribution in [0.3, 0.4) is 0 Å². The standard InChI is InChI=1S/C17H20N2O6/c1-9-15(20)18-12-6-2-5-11(14(12)25-9)16(21)19-13(17(22)23)10-4-3-7-24-8-10/h2,5-6,9-10,13H,3-4,7-8H2,1H3,(H,18,20)(H,19,21)(H,22,23). The molecule has 0 saturated carbocycles. The first-order chi connectivity index (χ1) is 12.0. The molecule has 3 atom stereocenters. The molecular formula is C17H20N2O6. The van der Waals surface area contributed by atoms with E-state index in [1.54, 1.807) is 19.1 Å². The predicted octanol–water partition coefficient (Wildman–Crippen LogP) is 1.02. The van der Waals surface area contributed by atoms with Crippen LogP contribution in [-0.4, -0.2) is 48.2 Å². The SMILES string of the molecule is CC1Oc2c(cccc2C(=O)NC(C(=O)O)C2CCCOC2)NC1=O. The molecule has 0 bridgehead atoms. The van der Waals surface area contributed by atoms with Crippen LogP contribution >= 0.6 is 0 Å². The van der Waals surface area contributed by atoms with Gasteiger partial charge in [0.15, 0.2) is 11.9 Å². The van der Waals surface area contributed by atoms with Crippen LogP contribution in [-0.2, 0) is 14.3 Å². The van der Waals surface area contributed by atoms with Crippen LogP contribution in [0.5, 0.6) is 5.75 Å². The van der Waals surface area contributed by atoms with Gasteiger partial charge in [-0.3, -0.25) is 9.59 Å². The van der Waals surface area contributed by atoms with E-state index in [-0.39, 0.29) is 23.1 Å². The highest BCUT2D eigenvalue weighted by molar-refractivity contribution is 6.04. The van der Waals surface area contributed by atoms with Crippen molar-refractivity contribution in [2.45, 2.75) is 31.9 Å². The molecule has 25 heavy (non-hydrogen) atoms. The van der Waals surface area contributed by atoms with E-state index in [2.05, 4.69) is 10.6 Å². The lowest BCUT2D eigenvalue weighted by Gasteiger charge is -2.29. The third-order valence-corrected chi connectivity index (χ3v) is 4.40. The fourth-order valence-corrected chi connectivity index (χ4v) is 3.03. The molecule has 8 heteroatoms. The summed E-state index contributed by atoms with van der Waals surface area (Å²) in [6, 6.07) is 3.72. The normalized spacial score (nSPS) is 23.6. The topological polar surface area (TPSA) is 114 Å². The number of fused-ring (bicyclic) bond motifs is 1. The fourth-order valence-electron chi connectivity index (χ4n) is 3.03. The van der Waals surface area contributed by atoms with Gasteiger partial charge in [0.05, 0.1) is 17.9 Å². The van der Waals surface area contributed by atoms with Crippen LogP contribution in [0.2, 0.25) is 0 Å². The molecule has 8 nitrogen and oxygen atoms in total. The molecular weight excluding hydrogens is 328 g/mol. The molecule has 2 amide bonds. The Labute approximate surface area is 144 Å². The summed E-state index contributed by atoms with van der Waals surface area (Å²) in [5.74, 6) is -1.99. The van der Waals surface area contributed by atoms with Gasteiger partial charge in [0.1, 0.15) is 6.04 Å². The van der Waals surface area contributed by atoms with E-state index in [1.165, 1.54) is 6.07 Å². The van der Waals surface area contributed by atoms with Crippen LogP contribution < -0.4 is 15.4 Å². The highest BCUT2D eigenvalue weighted by Gasteiger charge is 2.33. The van der Waals surface area contributed by atoms with Gasteiger partial charge in [0.25, 0.3) is 11.8 Å². The molecule has 0 aromatic heterocycles. The zero-order valence-corrected chi connectivity index (χ0v) is 13.8. The summed E-state index contributed by atoms with van der Waals surface area (Å²) in [6.07, 6.45) is 0.703. The van der Waals surface area contributed by atoms with Gasteiger partial charge in [0, 0.05) is 12.5 Å². The smallest absolute Gasteiger partial charge is 0.326 e. The van der Waals surface area contributed by atoms with Crippen molar-refractivity contribution in [3.05, 3.63) is 23.8 Å². The minimum absolute atomic E-state index is 0.187. The third kappa shape index (κ3) is 3.58. The first-order valence-electron chi connectivity index (χ1n) is 8.19. The second kappa shape index (κ2) is 7.10. The Kier molecular flexibility index (Phi) is 4.89. The maximum Gasteiger partial charge on any atom is 0.326 e. The Hall–Kier alpha value is -2.61. The van der Waals surface area contributed by atoms with Crippen LogP contribution in [0.25, 0.3) is 0 Å². The number of aliphatic carboxylic acids is 1. The summed E-state index contributed by atoms with van der Waals surface area (Å²) < 4.78 is 10.9. The number of amides is 2. The highest BCUT2D eigenvalue weighted by Crippen LogP contribution is 2.33. The Bertz CT molecular complexity index is 698. The van der Waals surface area contributed by atoms with Gasteiger partial charge in [-0.05, 0) is 31.9 Å². The van der Waals surface area contributed by atoms with Crippen LogP contribution in [0.1, 0.15) is 30.1 Å². The number of anilines is 1. The lowest BCUT2D eigenvalue weighted by Crippen LogP contribution is -2.48. The van der Waals surface area contributed by atoms with Gasteiger partial charge in [-0.2, -0.15) is 0 Å². The molecule has 0 spiro atoms. The van der Waals surface area contributed by atoms with E-state index in [1.807, 2.05) is 0 Å². The number of hydrogen-bond donors (Lipinski definition) is 3. The molecule has 0 radical (unpaired) electrons. The van der Waals surface area contributed by atoms with E-state index in [0.29, 0.717) is 25.3 Å². The molecule has 0 aliphatic carbocycles. The molecule has 134 valence electrons. The Balaban J connectivity index is 1.82. The molecule has 3 N–H and O–H groups in total. The molecule has 1 aromatic rings. The fraction of sp³-hybridized carbons (Fsp3) is 0.471. The van der Waals surface area contributed by atoms with Gasteiger partial charge in [-0.1, -0.05) is 6.07 Å². The number of hydrogen-bond acceptors (Lipinski definition) is 5. The van der Waals surface area contributed by atoms with Gasteiger partial charge < -0.3 is 25.2 Å². The molecule has 3 unspecified atom stereocenters. The molecule has 1 aromatic carbocycles. The highest BCUT2D eigenvalue weighted by atomic mass is 16.5. The summed E-state index contributed by atoms with van der Waals surface area (Å²) in [6.45, 7) is 2.48. The number of carboxylic acid groups (broad SMARTS) is 1. The van der Waals surface area contributed by atoms with Crippen molar-refractivity contribution in [2.24, 2.45) is 5.92 Å². The number of para-hydroxylation sites is 1. The van der Waals surface area contributed by atoms with Crippen molar-refractivity contribution < 1.29 is 29.0 Å². The number of ether oxygens (including phenoxy) is 2. The van der Waals surface area contributed by atoms with Crippen molar-refractivity contribution >= 4 is 23.5 Å². The van der Waals surface area contributed by atoms with Crippen molar-refractivity contribution in [1.82, 2.24) is 5.32 Å². The van der Waals surface area contributed by atoms with Crippen LogP contribution in [0, 0.1) is 5.92 Å². The van der Waals surface area contributed by atoms with Gasteiger partial charge in [-0.25, -0.2) is 4.79 Å². The van der Waals surface area contributed by atoms with Crippen molar-refractivity contribution in [1.29, 1.82) is 0 Å². The Morgan fingerprint density at radius 2 is 2.20 bits per heavy atom. The number of carbonyl (C=O) groups is 3. The van der Waals surface area contributed by atoms with E-state index in [0.717, 1.165) is 6.42 Å². The number of rotatable bonds is 4. The molecule has 2 aliphatic rings. The number of carboxylic acids is 1. The second-order valence-corrected chi connectivity index (χ2v) is 6.20. The minimum atomic E-state index is -1.10. The summed E-state index contributed by atoms with van der Waals surface area (Å²) in [5, 5.41) is 14.7. The maximum absolute atomic E-state index is 12.7. The minimum Gasteiger partial charge on any atom is -0.480 e. The van der Waals surface area contributed by atoms with Crippen molar-refractivity contribution in [3.63, 3.8) is 0 Å². The molecule has 3 rings (SSSR count). The average molecular weight is 348 g/mol. The van der Waals surface area contributed by atoms with Crippen molar-refractivity contribution in [3.8, 4) is 5.75 Å². The Morgan fingerprint density at radius 3 is 2.88 bits per heavy atom. The summed E-state index contributed by atoms with van der Waals surface area (Å²) in [7, 11) is 0. The zero-order valence-electron chi connectivity index (χ0n) is 13.8. The number of benzene rings is 1. The summed E-state index contributed by atoms with van der Waals surface area (Å²) in [4.78, 5) is 35.9. The monoisotopic (exact) mass is 348 g/mol.